The normalized spacial score (nSPS) is 12.2. The first kappa shape index (κ1) is 17.5. The van der Waals surface area contributed by atoms with Gasteiger partial charge < -0.3 is 0 Å². The van der Waals surface area contributed by atoms with Crippen LogP contribution in [0.1, 0.15) is 5.56 Å². The number of hydrogen-bond acceptors (Lipinski definition) is 6. The lowest BCUT2D eigenvalue weighted by Gasteiger charge is -2.11. The predicted octanol–water partition coefficient (Wildman–Crippen LogP) is 2.29. The highest BCUT2D eigenvalue weighted by molar-refractivity contribution is 7.90. The number of aryl methyl sites for hydroxylation is 1. The van der Waals surface area contributed by atoms with Crippen molar-refractivity contribution in [1.82, 2.24) is 23.9 Å². The summed E-state index contributed by atoms with van der Waals surface area (Å²) in [5.41, 5.74) is 2.87. The molecule has 5 rings (SSSR count). The van der Waals surface area contributed by atoms with Crippen LogP contribution in [0.4, 0.5) is 0 Å². The first-order valence-corrected chi connectivity index (χ1v) is 10.7. The van der Waals surface area contributed by atoms with E-state index in [1.54, 1.807) is 4.40 Å². The van der Waals surface area contributed by atoms with Gasteiger partial charge in [-0.1, -0.05) is 24.3 Å². The molecule has 0 N–H and O–H groups in total. The molecule has 0 unspecified atom stereocenters. The van der Waals surface area contributed by atoms with Gasteiger partial charge in [0, 0.05) is 12.5 Å². The smallest absolute Gasteiger partial charge is 0.268 e. The third kappa shape index (κ3) is 2.62. The lowest BCUT2D eigenvalue weighted by molar-refractivity contribution is 0.593. The Morgan fingerprint density at radius 3 is 2.55 bits per heavy atom. The highest BCUT2D eigenvalue weighted by Crippen LogP contribution is 2.23. The van der Waals surface area contributed by atoms with Crippen LogP contribution >= 0.6 is 0 Å². The summed E-state index contributed by atoms with van der Waals surface area (Å²) in [4.78, 5) is 26.1. The summed E-state index contributed by atoms with van der Waals surface area (Å²) >= 11 is 0. The third-order valence-electron chi connectivity index (χ3n) is 4.73. The van der Waals surface area contributed by atoms with Crippen molar-refractivity contribution in [2.24, 2.45) is 0 Å². The monoisotopic (exact) mass is 405 g/mol. The van der Waals surface area contributed by atoms with Crippen LogP contribution in [0.2, 0.25) is 0 Å². The molecule has 0 aliphatic rings. The van der Waals surface area contributed by atoms with E-state index >= 15 is 0 Å². The van der Waals surface area contributed by atoms with E-state index in [1.165, 1.54) is 10.8 Å². The highest BCUT2D eigenvalue weighted by Gasteiger charge is 2.20. The Balaban J connectivity index is 2.07. The topological polar surface area (TPSA) is 99.2 Å². The van der Waals surface area contributed by atoms with Gasteiger partial charge in [-0.3, -0.25) is 9.20 Å². The van der Waals surface area contributed by atoms with Crippen molar-refractivity contribution in [1.29, 1.82) is 0 Å². The summed E-state index contributed by atoms with van der Waals surface area (Å²) in [6.45, 7) is 1.94. The second-order valence-corrected chi connectivity index (χ2v) is 8.79. The van der Waals surface area contributed by atoms with E-state index in [1.807, 2.05) is 55.5 Å². The number of nitrogens with zero attached hydrogens (tertiary/aromatic N) is 5. The van der Waals surface area contributed by atoms with Crippen LogP contribution in [0.15, 0.2) is 64.7 Å². The zero-order valence-corrected chi connectivity index (χ0v) is 16.4. The van der Waals surface area contributed by atoms with Crippen molar-refractivity contribution >= 4 is 37.7 Å². The molecular formula is C20H15N5O3S. The van der Waals surface area contributed by atoms with E-state index < -0.39 is 9.84 Å². The predicted molar refractivity (Wildman–Crippen MR) is 109 cm³/mol. The molecule has 3 aromatic heterocycles. The molecule has 0 bridgehead atoms. The van der Waals surface area contributed by atoms with Crippen molar-refractivity contribution in [2.75, 3.05) is 6.26 Å². The molecule has 0 atom stereocenters. The maximum atomic E-state index is 13.4. The van der Waals surface area contributed by atoms with E-state index in [9.17, 15) is 13.2 Å². The fraction of sp³-hybridized carbons (Fsp3) is 0.100. The molecule has 0 spiro atoms. The minimum absolute atomic E-state index is 0.203. The van der Waals surface area contributed by atoms with E-state index in [0.717, 1.165) is 11.8 Å². The summed E-state index contributed by atoms with van der Waals surface area (Å²) in [5, 5.41) is -0.133. The van der Waals surface area contributed by atoms with Gasteiger partial charge in [0.05, 0.1) is 16.7 Å². The fourth-order valence-corrected chi connectivity index (χ4v) is 3.94. The number of benzene rings is 2. The number of aromatic nitrogens is 5. The SMILES string of the molecule is Cc1cccc(-n2c(=O)c3cnc(S(C)(=O)=O)nc3n3c4ccccc4nc23)c1. The average Bonchev–Trinajstić information content (AvgIpc) is 3.06. The Morgan fingerprint density at radius 2 is 1.79 bits per heavy atom. The second-order valence-electron chi connectivity index (χ2n) is 6.88. The molecule has 0 saturated carbocycles. The summed E-state index contributed by atoms with van der Waals surface area (Å²) in [5.74, 6) is 0.354. The van der Waals surface area contributed by atoms with Crippen LogP contribution in [0.25, 0.3) is 33.5 Å². The summed E-state index contributed by atoms with van der Waals surface area (Å²) < 4.78 is 27.2. The van der Waals surface area contributed by atoms with Crippen molar-refractivity contribution in [3.8, 4) is 5.69 Å². The first-order valence-electron chi connectivity index (χ1n) is 8.81. The van der Waals surface area contributed by atoms with Crippen LogP contribution in [0.3, 0.4) is 0 Å². The molecular weight excluding hydrogens is 390 g/mol. The number of hydrogen-bond donors (Lipinski definition) is 0. The fourth-order valence-electron chi connectivity index (χ4n) is 3.44. The zero-order valence-electron chi connectivity index (χ0n) is 15.6. The molecule has 5 aromatic rings. The Morgan fingerprint density at radius 1 is 1.00 bits per heavy atom. The first-order chi connectivity index (χ1) is 13.8. The van der Waals surface area contributed by atoms with E-state index in [-0.39, 0.29) is 21.7 Å². The molecule has 0 aliphatic heterocycles. The van der Waals surface area contributed by atoms with Gasteiger partial charge in [-0.2, -0.15) is 4.98 Å². The molecule has 0 fully saturated rings. The van der Waals surface area contributed by atoms with Gasteiger partial charge >= 0.3 is 0 Å². The third-order valence-corrected chi connectivity index (χ3v) is 5.59. The minimum atomic E-state index is -3.64. The zero-order chi connectivity index (χ0) is 20.3. The molecule has 3 heterocycles. The van der Waals surface area contributed by atoms with Gasteiger partial charge in [-0.05, 0) is 36.8 Å². The van der Waals surface area contributed by atoms with Crippen molar-refractivity contribution in [3.63, 3.8) is 0 Å². The Hall–Kier alpha value is -3.59. The average molecular weight is 405 g/mol. The highest BCUT2D eigenvalue weighted by atomic mass is 32.2. The van der Waals surface area contributed by atoms with Crippen molar-refractivity contribution < 1.29 is 8.42 Å². The van der Waals surface area contributed by atoms with Gasteiger partial charge in [0.1, 0.15) is 5.39 Å². The van der Waals surface area contributed by atoms with E-state index in [0.29, 0.717) is 22.5 Å². The van der Waals surface area contributed by atoms with Gasteiger partial charge in [-0.15, -0.1) is 0 Å². The van der Waals surface area contributed by atoms with Crippen LogP contribution in [0, 0.1) is 6.92 Å². The molecule has 0 saturated heterocycles. The van der Waals surface area contributed by atoms with E-state index in [4.69, 9.17) is 0 Å². The summed E-state index contributed by atoms with van der Waals surface area (Å²) in [6, 6.07) is 14.9. The van der Waals surface area contributed by atoms with Gasteiger partial charge in [0.15, 0.2) is 5.65 Å². The molecule has 0 aliphatic carbocycles. The van der Waals surface area contributed by atoms with Crippen LogP contribution in [0.5, 0.6) is 0 Å². The number of rotatable bonds is 2. The Labute approximate surface area is 165 Å². The maximum absolute atomic E-state index is 13.4. The Kier molecular flexibility index (Phi) is 3.59. The lowest BCUT2D eigenvalue weighted by Crippen LogP contribution is -2.23. The number of imidazole rings is 1. The molecule has 0 amide bonds. The van der Waals surface area contributed by atoms with Crippen molar-refractivity contribution in [2.45, 2.75) is 12.1 Å². The molecule has 9 heteroatoms. The second kappa shape index (κ2) is 5.95. The molecule has 2 aromatic carbocycles. The van der Waals surface area contributed by atoms with Crippen LogP contribution in [-0.2, 0) is 9.84 Å². The van der Waals surface area contributed by atoms with Gasteiger partial charge in [0.25, 0.3) is 5.56 Å². The molecule has 0 radical (unpaired) electrons. The van der Waals surface area contributed by atoms with Gasteiger partial charge in [0.2, 0.25) is 20.8 Å². The minimum Gasteiger partial charge on any atom is -0.268 e. The number of para-hydroxylation sites is 2. The standard InChI is InChI=1S/C20H15N5O3S/c1-12-6-5-7-13(10-12)24-18(26)14-11-21-19(29(2,27)28)23-17(14)25-16-9-4-3-8-15(16)22-20(24)25/h3-11H,1-2H3. The Bertz CT molecular complexity index is 1620. The number of fused-ring (bicyclic) bond motifs is 5. The maximum Gasteiger partial charge on any atom is 0.270 e. The van der Waals surface area contributed by atoms with E-state index in [2.05, 4.69) is 15.0 Å². The largest absolute Gasteiger partial charge is 0.270 e. The molecule has 8 nitrogen and oxygen atoms in total. The summed E-state index contributed by atoms with van der Waals surface area (Å²) in [6.07, 6.45) is 2.30. The van der Waals surface area contributed by atoms with Crippen molar-refractivity contribution in [3.05, 3.63) is 70.6 Å². The molecule has 144 valence electrons. The van der Waals surface area contributed by atoms with Crippen LogP contribution in [-0.4, -0.2) is 38.6 Å². The van der Waals surface area contributed by atoms with Gasteiger partial charge in [-0.25, -0.2) is 23.0 Å². The summed E-state index contributed by atoms with van der Waals surface area (Å²) in [7, 11) is -3.64. The molecule has 29 heavy (non-hydrogen) atoms. The number of sulfone groups is 1. The lowest BCUT2D eigenvalue weighted by atomic mass is 10.2. The quantitative estimate of drug-likeness (QED) is 0.418. The van der Waals surface area contributed by atoms with Crippen LogP contribution < -0.4 is 5.56 Å².